The molecule has 0 aliphatic rings. The first kappa shape index (κ1) is 21.4. The zero-order valence-electron chi connectivity index (χ0n) is 17.4. The Kier molecular flexibility index (Phi) is 5.69. The van der Waals surface area contributed by atoms with E-state index >= 15 is 0 Å². The third kappa shape index (κ3) is 4.33. The smallest absolute Gasteiger partial charge is 0.313 e. The van der Waals surface area contributed by atoms with Crippen LogP contribution in [0.5, 0.6) is 11.5 Å². The van der Waals surface area contributed by atoms with Crippen LogP contribution < -0.4 is 5.32 Å². The minimum Gasteiger partial charge on any atom is -0.505 e. The van der Waals surface area contributed by atoms with Crippen LogP contribution >= 0.6 is 0 Å². The van der Waals surface area contributed by atoms with Gasteiger partial charge < -0.3 is 15.5 Å². The summed E-state index contributed by atoms with van der Waals surface area (Å²) in [6, 6.07) is 19.9. The molecule has 4 aromatic rings. The van der Waals surface area contributed by atoms with Crippen molar-refractivity contribution in [3.63, 3.8) is 0 Å². The molecule has 0 spiro atoms. The number of hydrogen-bond acceptors (Lipinski definition) is 7. The van der Waals surface area contributed by atoms with Crippen molar-refractivity contribution in [2.45, 2.75) is 6.92 Å². The first-order valence-corrected chi connectivity index (χ1v) is 9.86. The minimum absolute atomic E-state index is 0.00475. The molecule has 9 heteroatoms. The van der Waals surface area contributed by atoms with Gasteiger partial charge in [0, 0.05) is 17.1 Å². The molecule has 0 radical (unpaired) electrons. The molecule has 0 aliphatic heterocycles. The molecule has 0 saturated heterocycles. The second-order valence-electron chi connectivity index (χ2n) is 7.27. The van der Waals surface area contributed by atoms with E-state index in [4.69, 9.17) is 0 Å². The van der Waals surface area contributed by atoms with Crippen molar-refractivity contribution in [2.24, 2.45) is 10.2 Å². The Morgan fingerprint density at radius 1 is 0.939 bits per heavy atom. The standard InChI is InChI=1S/C24H18N4O5/c1-14-11-19(23(30)20(12-14)28(32)33)26-27-21-17-10-6-5-7-15(17)13-18(22(21)29)24(31)25-16-8-3-2-4-9-16/h2-13,29-30H,1H3,(H,25,31). The highest BCUT2D eigenvalue weighted by molar-refractivity contribution is 6.11. The summed E-state index contributed by atoms with van der Waals surface area (Å²) >= 11 is 0. The van der Waals surface area contributed by atoms with Crippen molar-refractivity contribution < 1.29 is 19.9 Å². The lowest BCUT2D eigenvalue weighted by molar-refractivity contribution is -0.385. The molecule has 4 aromatic carbocycles. The van der Waals surface area contributed by atoms with E-state index in [1.165, 1.54) is 18.2 Å². The van der Waals surface area contributed by atoms with Crippen LogP contribution in [0.2, 0.25) is 0 Å². The fourth-order valence-corrected chi connectivity index (χ4v) is 3.37. The van der Waals surface area contributed by atoms with Crippen molar-refractivity contribution in [2.75, 3.05) is 5.32 Å². The van der Waals surface area contributed by atoms with Crippen molar-refractivity contribution in [1.29, 1.82) is 0 Å². The number of fused-ring (bicyclic) bond motifs is 1. The molecule has 33 heavy (non-hydrogen) atoms. The number of nitro benzene ring substituents is 1. The highest BCUT2D eigenvalue weighted by Crippen LogP contribution is 2.42. The van der Waals surface area contributed by atoms with E-state index < -0.39 is 28.0 Å². The highest BCUT2D eigenvalue weighted by Gasteiger charge is 2.20. The predicted octanol–water partition coefficient (Wildman–Crippen LogP) is 6.14. The third-order valence-electron chi connectivity index (χ3n) is 4.94. The number of hydrogen-bond donors (Lipinski definition) is 3. The number of phenolic OH excluding ortho intramolecular Hbond substituents is 2. The monoisotopic (exact) mass is 442 g/mol. The van der Waals surface area contributed by atoms with E-state index in [1.54, 1.807) is 55.5 Å². The Balaban J connectivity index is 1.82. The third-order valence-corrected chi connectivity index (χ3v) is 4.94. The largest absolute Gasteiger partial charge is 0.505 e. The molecule has 164 valence electrons. The molecule has 0 bridgehead atoms. The Hall–Kier alpha value is -4.79. The van der Waals surface area contributed by atoms with Crippen molar-refractivity contribution in [3.05, 3.63) is 94.0 Å². The molecular weight excluding hydrogens is 424 g/mol. The lowest BCUT2D eigenvalue weighted by Gasteiger charge is -2.11. The molecule has 0 saturated carbocycles. The molecule has 1 amide bonds. The van der Waals surface area contributed by atoms with Crippen LogP contribution in [0.4, 0.5) is 22.7 Å². The fourth-order valence-electron chi connectivity index (χ4n) is 3.37. The molecule has 3 N–H and O–H groups in total. The Labute approximate surface area is 187 Å². The topological polar surface area (TPSA) is 137 Å². The Bertz CT molecular complexity index is 1420. The van der Waals surface area contributed by atoms with Gasteiger partial charge in [0.2, 0.25) is 5.75 Å². The number of para-hydroxylation sites is 1. The predicted molar refractivity (Wildman–Crippen MR) is 124 cm³/mol. The molecule has 0 atom stereocenters. The summed E-state index contributed by atoms with van der Waals surface area (Å²) in [5, 5.41) is 44.2. The first-order chi connectivity index (χ1) is 15.8. The van der Waals surface area contributed by atoms with Gasteiger partial charge in [-0.2, -0.15) is 0 Å². The van der Waals surface area contributed by atoms with Gasteiger partial charge in [0.15, 0.2) is 5.75 Å². The summed E-state index contributed by atoms with van der Waals surface area (Å²) in [7, 11) is 0. The molecule has 9 nitrogen and oxygen atoms in total. The van der Waals surface area contributed by atoms with E-state index in [2.05, 4.69) is 15.5 Å². The van der Waals surface area contributed by atoms with E-state index in [0.29, 0.717) is 22.0 Å². The maximum Gasteiger partial charge on any atom is 0.313 e. The van der Waals surface area contributed by atoms with Crippen LogP contribution in [0.1, 0.15) is 15.9 Å². The van der Waals surface area contributed by atoms with Crippen molar-refractivity contribution in [1.82, 2.24) is 0 Å². The van der Waals surface area contributed by atoms with Crippen LogP contribution in [-0.2, 0) is 0 Å². The molecule has 0 aliphatic carbocycles. The summed E-state index contributed by atoms with van der Waals surface area (Å²) in [5.41, 5.74) is 0.382. The van der Waals surface area contributed by atoms with Crippen LogP contribution in [0, 0.1) is 17.0 Å². The SMILES string of the molecule is Cc1cc(N=Nc2c(O)c(C(=O)Nc3ccccc3)cc3ccccc23)c(O)c([N+](=O)[O-])c1. The first-order valence-electron chi connectivity index (χ1n) is 9.86. The number of nitrogens with one attached hydrogen (secondary N) is 1. The van der Waals surface area contributed by atoms with Gasteiger partial charge >= 0.3 is 5.69 Å². The van der Waals surface area contributed by atoms with Crippen molar-refractivity contribution in [3.8, 4) is 11.5 Å². The maximum absolute atomic E-state index is 12.9. The number of azo groups is 1. The lowest BCUT2D eigenvalue weighted by atomic mass is 10.0. The number of aryl methyl sites for hydroxylation is 1. The summed E-state index contributed by atoms with van der Waals surface area (Å²) in [5.74, 6) is -1.60. The normalized spacial score (nSPS) is 11.1. The number of anilines is 1. The number of phenols is 2. The zero-order valence-corrected chi connectivity index (χ0v) is 17.4. The van der Waals surface area contributed by atoms with E-state index in [0.717, 1.165) is 0 Å². The maximum atomic E-state index is 12.9. The van der Waals surface area contributed by atoms with Gasteiger partial charge in [-0.05, 0) is 42.1 Å². The molecule has 0 heterocycles. The second kappa shape index (κ2) is 8.75. The number of nitro groups is 1. The minimum atomic E-state index is -0.719. The number of rotatable bonds is 5. The average molecular weight is 442 g/mol. The highest BCUT2D eigenvalue weighted by atomic mass is 16.6. The second-order valence-corrected chi connectivity index (χ2v) is 7.27. The number of amides is 1. The van der Waals surface area contributed by atoms with Gasteiger partial charge in [0.25, 0.3) is 5.91 Å². The number of benzene rings is 4. The van der Waals surface area contributed by atoms with E-state index in [-0.39, 0.29) is 16.9 Å². The van der Waals surface area contributed by atoms with Gasteiger partial charge in [-0.25, -0.2) is 0 Å². The van der Waals surface area contributed by atoms with Gasteiger partial charge in [-0.1, -0.05) is 42.5 Å². The number of carbonyl (C=O) groups excluding carboxylic acids is 1. The van der Waals surface area contributed by atoms with E-state index in [1.807, 2.05) is 6.07 Å². The number of nitrogens with zero attached hydrogens (tertiary/aromatic N) is 3. The molecule has 0 unspecified atom stereocenters. The van der Waals surface area contributed by atoms with Crippen molar-refractivity contribution >= 4 is 39.4 Å². The zero-order chi connectivity index (χ0) is 23.5. The van der Waals surface area contributed by atoms with Crippen LogP contribution in [0.15, 0.2) is 83.0 Å². The molecular formula is C24H18N4O5. The van der Waals surface area contributed by atoms with E-state index in [9.17, 15) is 25.1 Å². The van der Waals surface area contributed by atoms with Crippen LogP contribution in [0.3, 0.4) is 0 Å². The number of aromatic hydroxyl groups is 2. The lowest BCUT2D eigenvalue weighted by Crippen LogP contribution is -2.12. The van der Waals surface area contributed by atoms with Gasteiger partial charge in [-0.3, -0.25) is 14.9 Å². The van der Waals surface area contributed by atoms with Gasteiger partial charge in [0.1, 0.15) is 11.4 Å². The summed E-state index contributed by atoms with van der Waals surface area (Å²) in [6.45, 7) is 1.62. The summed E-state index contributed by atoms with van der Waals surface area (Å²) < 4.78 is 0. The summed E-state index contributed by atoms with van der Waals surface area (Å²) in [4.78, 5) is 23.3. The van der Waals surface area contributed by atoms with Gasteiger partial charge in [0.05, 0.1) is 10.5 Å². The molecule has 0 aromatic heterocycles. The van der Waals surface area contributed by atoms with Crippen LogP contribution in [-0.4, -0.2) is 21.0 Å². The quantitative estimate of drug-likeness (QED) is 0.194. The molecule has 0 fully saturated rings. The average Bonchev–Trinajstić information content (AvgIpc) is 2.80. The Morgan fingerprint density at radius 2 is 1.64 bits per heavy atom. The van der Waals surface area contributed by atoms with Crippen LogP contribution in [0.25, 0.3) is 10.8 Å². The number of carbonyl (C=O) groups is 1. The summed E-state index contributed by atoms with van der Waals surface area (Å²) in [6.07, 6.45) is 0. The Morgan fingerprint density at radius 3 is 2.36 bits per heavy atom. The van der Waals surface area contributed by atoms with Gasteiger partial charge in [-0.15, -0.1) is 10.2 Å². The molecule has 4 rings (SSSR count). The fraction of sp³-hybridized carbons (Fsp3) is 0.0417.